The first-order valence-electron chi connectivity index (χ1n) is 5.30. The molecule has 2 rings (SSSR count). The van der Waals surface area contributed by atoms with Gasteiger partial charge in [0.2, 0.25) is 0 Å². The van der Waals surface area contributed by atoms with E-state index in [1.54, 1.807) is 0 Å². The number of halogens is 2. The summed E-state index contributed by atoms with van der Waals surface area (Å²) in [7, 11) is 0. The zero-order chi connectivity index (χ0) is 12.1. The average Bonchev–Trinajstić information content (AvgIpc) is 2.38. The van der Waals surface area contributed by atoms with Gasteiger partial charge < -0.3 is 4.74 Å². The van der Waals surface area contributed by atoms with Crippen LogP contribution in [-0.4, -0.2) is 0 Å². The molecule has 3 heteroatoms. The summed E-state index contributed by atoms with van der Waals surface area (Å²) in [5, 5.41) is 0. The molecule has 0 bridgehead atoms. The summed E-state index contributed by atoms with van der Waals surface area (Å²) in [6, 6.07) is 18.2. The largest absolute Gasteiger partial charge is 0.489 e. The lowest BCUT2D eigenvalue weighted by molar-refractivity contribution is 0.306. The highest BCUT2D eigenvalue weighted by Gasteiger charge is 2.02. The molecule has 0 fully saturated rings. The third-order valence-electron chi connectivity index (χ3n) is 2.38. The Hall–Kier alpha value is -0.800. The first-order chi connectivity index (χ1) is 8.25. The zero-order valence-corrected chi connectivity index (χ0v) is 12.3. The molecule has 0 radical (unpaired) electrons. The summed E-state index contributed by atoms with van der Waals surface area (Å²) >= 11 is 6.92. The van der Waals surface area contributed by atoms with Gasteiger partial charge in [-0.15, -0.1) is 0 Å². The van der Waals surface area contributed by atoms with Crippen LogP contribution in [0.2, 0.25) is 0 Å². The smallest absolute Gasteiger partial charge is 0.119 e. The standard InChI is InChI=1S/C14H12Br2O/c15-14(16)12-6-8-13(9-7-12)17-10-11-4-2-1-3-5-11/h1-9,14H,10H2. The van der Waals surface area contributed by atoms with Crippen LogP contribution in [0.15, 0.2) is 54.6 Å². The summed E-state index contributed by atoms with van der Waals surface area (Å²) in [5.41, 5.74) is 2.35. The van der Waals surface area contributed by atoms with Crippen molar-refractivity contribution in [1.29, 1.82) is 0 Å². The van der Waals surface area contributed by atoms with E-state index >= 15 is 0 Å². The zero-order valence-electron chi connectivity index (χ0n) is 9.14. The van der Waals surface area contributed by atoms with Crippen LogP contribution in [0.1, 0.15) is 14.9 Å². The molecule has 2 aromatic rings. The van der Waals surface area contributed by atoms with Crippen molar-refractivity contribution >= 4 is 31.9 Å². The van der Waals surface area contributed by atoms with Gasteiger partial charge in [-0.25, -0.2) is 0 Å². The van der Waals surface area contributed by atoms with Crippen LogP contribution in [0.25, 0.3) is 0 Å². The van der Waals surface area contributed by atoms with Gasteiger partial charge in [-0.05, 0) is 23.3 Å². The van der Waals surface area contributed by atoms with Gasteiger partial charge in [0.15, 0.2) is 0 Å². The second kappa shape index (κ2) is 6.22. The summed E-state index contributed by atoms with van der Waals surface area (Å²) in [6.45, 7) is 0.603. The Morgan fingerprint density at radius 3 is 2.12 bits per heavy atom. The van der Waals surface area contributed by atoms with E-state index in [1.165, 1.54) is 11.1 Å². The maximum atomic E-state index is 5.70. The van der Waals surface area contributed by atoms with Gasteiger partial charge in [-0.1, -0.05) is 74.3 Å². The highest BCUT2D eigenvalue weighted by molar-refractivity contribution is 9.24. The van der Waals surface area contributed by atoms with Gasteiger partial charge in [-0.3, -0.25) is 0 Å². The Labute approximate surface area is 118 Å². The lowest BCUT2D eigenvalue weighted by atomic mass is 10.2. The van der Waals surface area contributed by atoms with Crippen LogP contribution >= 0.6 is 31.9 Å². The van der Waals surface area contributed by atoms with Crippen LogP contribution < -0.4 is 4.74 Å². The molecule has 0 saturated heterocycles. The number of benzene rings is 2. The van der Waals surface area contributed by atoms with Crippen molar-refractivity contribution in [2.75, 3.05) is 0 Å². The summed E-state index contributed by atoms with van der Waals surface area (Å²) < 4.78 is 5.89. The molecule has 17 heavy (non-hydrogen) atoms. The number of alkyl halides is 2. The summed E-state index contributed by atoms with van der Waals surface area (Å²) in [5.74, 6) is 0.887. The molecule has 0 aromatic heterocycles. The normalized spacial score (nSPS) is 10.5. The fraction of sp³-hybridized carbons (Fsp3) is 0.143. The number of rotatable bonds is 4. The third kappa shape index (κ3) is 3.86. The monoisotopic (exact) mass is 354 g/mol. The lowest BCUT2D eigenvalue weighted by Gasteiger charge is -2.07. The molecule has 0 amide bonds. The van der Waals surface area contributed by atoms with Crippen LogP contribution in [0.4, 0.5) is 0 Å². The van der Waals surface area contributed by atoms with Crippen LogP contribution in [0.5, 0.6) is 5.75 Å². The molecule has 0 aliphatic rings. The average molecular weight is 356 g/mol. The number of ether oxygens (including phenoxy) is 1. The molecule has 0 unspecified atom stereocenters. The SMILES string of the molecule is BrC(Br)c1ccc(OCc2ccccc2)cc1. The molecule has 0 aliphatic carbocycles. The predicted octanol–water partition coefficient (Wildman–Crippen LogP) is 5.05. The Morgan fingerprint density at radius 1 is 0.882 bits per heavy atom. The van der Waals surface area contributed by atoms with Crippen molar-refractivity contribution in [2.24, 2.45) is 0 Å². The fourth-order valence-corrected chi connectivity index (χ4v) is 2.06. The first-order valence-corrected chi connectivity index (χ1v) is 7.13. The van der Waals surface area contributed by atoms with Crippen molar-refractivity contribution in [2.45, 2.75) is 10.3 Å². The summed E-state index contributed by atoms with van der Waals surface area (Å²) in [6.07, 6.45) is 0. The second-order valence-corrected chi connectivity index (χ2v) is 6.70. The maximum Gasteiger partial charge on any atom is 0.119 e. The van der Waals surface area contributed by atoms with E-state index in [-0.39, 0.29) is 3.74 Å². The molecule has 0 atom stereocenters. The minimum atomic E-state index is 0.193. The topological polar surface area (TPSA) is 9.23 Å². The van der Waals surface area contributed by atoms with E-state index in [0.717, 1.165) is 5.75 Å². The van der Waals surface area contributed by atoms with Crippen molar-refractivity contribution in [3.05, 3.63) is 65.7 Å². The van der Waals surface area contributed by atoms with E-state index in [9.17, 15) is 0 Å². The van der Waals surface area contributed by atoms with Gasteiger partial charge in [-0.2, -0.15) is 0 Å². The Balaban J connectivity index is 1.96. The van der Waals surface area contributed by atoms with E-state index in [0.29, 0.717) is 6.61 Å². The van der Waals surface area contributed by atoms with Gasteiger partial charge in [0, 0.05) is 0 Å². The van der Waals surface area contributed by atoms with Crippen molar-refractivity contribution < 1.29 is 4.74 Å². The Morgan fingerprint density at radius 2 is 1.53 bits per heavy atom. The Bertz CT molecular complexity index is 451. The molecule has 0 N–H and O–H groups in total. The molecule has 0 saturated carbocycles. The summed E-state index contributed by atoms with van der Waals surface area (Å²) in [4.78, 5) is 0. The van der Waals surface area contributed by atoms with Gasteiger partial charge in [0.25, 0.3) is 0 Å². The van der Waals surface area contributed by atoms with Crippen molar-refractivity contribution in [3.63, 3.8) is 0 Å². The van der Waals surface area contributed by atoms with Crippen LogP contribution in [0, 0.1) is 0 Å². The number of hydrogen-bond acceptors (Lipinski definition) is 1. The van der Waals surface area contributed by atoms with Crippen molar-refractivity contribution in [1.82, 2.24) is 0 Å². The quantitative estimate of drug-likeness (QED) is 0.697. The second-order valence-electron chi connectivity index (χ2n) is 3.64. The van der Waals surface area contributed by atoms with Crippen LogP contribution in [-0.2, 0) is 6.61 Å². The minimum Gasteiger partial charge on any atom is -0.489 e. The molecule has 1 nitrogen and oxygen atoms in total. The molecule has 0 heterocycles. The van der Waals surface area contributed by atoms with E-state index in [1.807, 2.05) is 42.5 Å². The van der Waals surface area contributed by atoms with Gasteiger partial charge in [0.05, 0.1) is 3.74 Å². The van der Waals surface area contributed by atoms with E-state index in [4.69, 9.17) is 4.74 Å². The highest BCUT2D eigenvalue weighted by atomic mass is 79.9. The molecule has 2 aromatic carbocycles. The Kier molecular flexibility index (Phi) is 4.63. The lowest BCUT2D eigenvalue weighted by Crippen LogP contribution is -1.94. The predicted molar refractivity (Wildman–Crippen MR) is 77.8 cm³/mol. The molecular weight excluding hydrogens is 344 g/mol. The minimum absolute atomic E-state index is 0.193. The van der Waals surface area contributed by atoms with Crippen molar-refractivity contribution in [3.8, 4) is 5.75 Å². The molecule has 0 aliphatic heterocycles. The van der Waals surface area contributed by atoms with E-state index in [2.05, 4.69) is 44.0 Å². The molecular formula is C14H12Br2O. The van der Waals surface area contributed by atoms with Gasteiger partial charge >= 0.3 is 0 Å². The molecule has 88 valence electrons. The van der Waals surface area contributed by atoms with E-state index < -0.39 is 0 Å². The molecule has 0 spiro atoms. The third-order valence-corrected chi connectivity index (χ3v) is 3.44. The highest BCUT2D eigenvalue weighted by Crippen LogP contribution is 2.30. The number of hydrogen-bond donors (Lipinski definition) is 0. The maximum absolute atomic E-state index is 5.70. The first kappa shape index (κ1) is 12.7. The van der Waals surface area contributed by atoms with Crippen LogP contribution in [0.3, 0.4) is 0 Å². The fourth-order valence-electron chi connectivity index (χ4n) is 1.45. The van der Waals surface area contributed by atoms with Gasteiger partial charge in [0.1, 0.15) is 12.4 Å².